The summed E-state index contributed by atoms with van der Waals surface area (Å²) in [5.41, 5.74) is 2.18. The molecule has 4 heteroatoms. The lowest BCUT2D eigenvalue weighted by atomic mass is 9.89. The maximum atomic E-state index is 11.4. The van der Waals surface area contributed by atoms with Crippen molar-refractivity contribution in [2.24, 2.45) is 0 Å². The monoisotopic (exact) mass is 233 g/mol. The predicted molar refractivity (Wildman–Crippen MR) is 69.4 cm³/mol. The molecule has 1 heterocycles. The average Bonchev–Trinajstić information content (AvgIpc) is 2.40. The van der Waals surface area contributed by atoms with Gasteiger partial charge >= 0.3 is 6.03 Å². The molecule has 1 fully saturated rings. The zero-order chi connectivity index (χ0) is 12.1. The SMILES string of the molecule is CNC(=O)Nc1ccccc1C1CCNCC1. The van der Waals surface area contributed by atoms with Gasteiger partial charge in [0.25, 0.3) is 0 Å². The highest BCUT2D eigenvalue weighted by atomic mass is 16.2. The van der Waals surface area contributed by atoms with Crippen molar-refractivity contribution in [3.05, 3.63) is 29.8 Å². The molecule has 0 atom stereocenters. The summed E-state index contributed by atoms with van der Waals surface area (Å²) in [4.78, 5) is 11.4. The van der Waals surface area contributed by atoms with Gasteiger partial charge in [0, 0.05) is 12.7 Å². The summed E-state index contributed by atoms with van der Waals surface area (Å²) in [5.74, 6) is 0.546. The summed E-state index contributed by atoms with van der Waals surface area (Å²) < 4.78 is 0. The minimum atomic E-state index is -0.161. The number of benzene rings is 1. The van der Waals surface area contributed by atoms with Crippen molar-refractivity contribution in [2.45, 2.75) is 18.8 Å². The van der Waals surface area contributed by atoms with Crippen molar-refractivity contribution in [3.8, 4) is 0 Å². The normalized spacial score (nSPS) is 16.5. The van der Waals surface area contributed by atoms with Gasteiger partial charge in [0.2, 0.25) is 0 Å². The number of para-hydroxylation sites is 1. The number of amides is 2. The number of hydrogen-bond acceptors (Lipinski definition) is 2. The fourth-order valence-corrected chi connectivity index (χ4v) is 2.28. The van der Waals surface area contributed by atoms with Crippen LogP contribution < -0.4 is 16.0 Å². The second-order valence-electron chi connectivity index (χ2n) is 4.32. The highest BCUT2D eigenvalue weighted by molar-refractivity contribution is 5.89. The number of hydrogen-bond donors (Lipinski definition) is 3. The first-order valence-electron chi connectivity index (χ1n) is 6.09. The van der Waals surface area contributed by atoms with Gasteiger partial charge in [-0.25, -0.2) is 4.79 Å². The van der Waals surface area contributed by atoms with Crippen molar-refractivity contribution < 1.29 is 4.79 Å². The first-order chi connectivity index (χ1) is 8.31. The van der Waals surface area contributed by atoms with Crippen LogP contribution in [-0.2, 0) is 0 Å². The molecule has 0 unspecified atom stereocenters. The van der Waals surface area contributed by atoms with Crippen LogP contribution in [0.1, 0.15) is 24.3 Å². The second kappa shape index (κ2) is 5.68. The van der Waals surface area contributed by atoms with E-state index >= 15 is 0 Å². The van der Waals surface area contributed by atoms with Crippen LogP contribution in [0.5, 0.6) is 0 Å². The van der Waals surface area contributed by atoms with E-state index in [1.54, 1.807) is 7.05 Å². The summed E-state index contributed by atoms with van der Waals surface area (Å²) in [7, 11) is 1.63. The molecular weight excluding hydrogens is 214 g/mol. The summed E-state index contributed by atoms with van der Waals surface area (Å²) in [6.45, 7) is 2.11. The van der Waals surface area contributed by atoms with Crippen LogP contribution in [0.3, 0.4) is 0 Å². The van der Waals surface area contributed by atoms with Gasteiger partial charge < -0.3 is 16.0 Å². The molecule has 0 saturated carbocycles. The predicted octanol–water partition coefficient (Wildman–Crippen LogP) is 1.90. The molecule has 0 bridgehead atoms. The largest absolute Gasteiger partial charge is 0.341 e. The van der Waals surface area contributed by atoms with E-state index in [1.807, 2.05) is 18.2 Å². The van der Waals surface area contributed by atoms with E-state index in [2.05, 4.69) is 22.0 Å². The van der Waals surface area contributed by atoms with Gasteiger partial charge in [-0.3, -0.25) is 0 Å². The lowest BCUT2D eigenvalue weighted by Crippen LogP contribution is -2.28. The number of nitrogens with one attached hydrogen (secondary N) is 3. The molecule has 0 spiro atoms. The smallest absolute Gasteiger partial charge is 0.318 e. The third-order valence-corrected chi connectivity index (χ3v) is 3.22. The number of carbonyl (C=O) groups is 1. The van der Waals surface area contributed by atoms with E-state index < -0.39 is 0 Å². The lowest BCUT2D eigenvalue weighted by Gasteiger charge is -2.25. The topological polar surface area (TPSA) is 53.2 Å². The third-order valence-electron chi connectivity index (χ3n) is 3.22. The Balaban J connectivity index is 2.17. The quantitative estimate of drug-likeness (QED) is 0.731. The molecule has 1 aromatic carbocycles. The number of piperidine rings is 1. The Bertz CT molecular complexity index is 386. The van der Waals surface area contributed by atoms with E-state index in [4.69, 9.17) is 0 Å². The summed E-state index contributed by atoms with van der Waals surface area (Å²) in [5, 5.41) is 8.82. The van der Waals surface area contributed by atoms with Crippen LogP contribution in [-0.4, -0.2) is 26.2 Å². The summed E-state index contributed by atoms with van der Waals surface area (Å²) >= 11 is 0. The van der Waals surface area contributed by atoms with Gasteiger partial charge in [0.1, 0.15) is 0 Å². The van der Waals surface area contributed by atoms with Gasteiger partial charge in [0.15, 0.2) is 0 Å². The minimum absolute atomic E-state index is 0.161. The highest BCUT2D eigenvalue weighted by Gasteiger charge is 2.18. The molecule has 4 nitrogen and oxygen atoms in total. The molecule has 1 aliphatic heterocycles. The van der Waals surface area contributed by atoms with Crippen LogP contribution >= 0.6 is 0 Å². The van der Waals surface area contributed by atoms with E-state index in [9.17, 15) is 4.79 Å². The van der Waals surface area contributed by atoms with Crippen LogP contribution in [0.15, 0.2) is 24.3 Å². The number of urea groups is 1. The Morgan fingerprint density at radius 2 is 2.00 bits per heavy atom. The summed E-state index contributed by atoms with van der Waals surface area (Å²) in [6.07, 6.45) is 2.26. The first-order valence-corrected chi connectivity index (χ1v) is 6.09. The highest BCUT2D eigenvalue weighted by Crippen LogP contribution is 2.30. The number of carbonyl (C=O) groups excluding carboxylic acids is 1. The standard InChI is InChI=1S/C13H19N3O/c1-14-13(17)16-12-5-3-2-4-11(12)10-6-8-15-9-7-10/h2-5,10,15H,6-9H2,1H3,(H2,14,16,17). The Morgan fingerprint density at radius 1 is 1.29 bits per heavy atom. The van der Waals surface area contributed by atoms with Crippen LogP contribution in [0, 0.1) is 0 Å². The van der Waals surface area contributed by atoms with E-state index in [0.29, 0.717) is 5.92 Å². The van der Waals surface area contributed by atoms with Crippen molar-refractivity contribution in [2.75, 3.05) is 25.5 Å². The average molecular weight is 233 g/mol. The molecule has 17 heavy (non-hydrogen) atoms. The van der Waals surface area contributed by atoms with Gasteiger partial charge in [-0.15, -0.1) is 0 Å². The van der Waals surface area contributed by atoms with Gasteiger partial charge in [-0.1, -0.05) is 18.2 Å². The van der Waals surface area contributed by atoms with Crippen molar-refractivity contribution >= 4 is 11.7 Å². The summed E-state index contributed by atoms with van der Waals surface area (Å²) in [6, 6.07) is 7.90. The molecule has 2 rings (SSSR count). The fraction of sp³-hybridized carbons (Fsp3) is 0.462. The molecule has 0 radical (unpaired) electrons. The van der Waals surface area contributed by atoms with Crippen molar-refractivity contribution in [1.82, 2.24) is 10.6 Å². The van der Waals surface area contributed by atoms with Gasteiger partial charge in [0.05, 0.1) is 0 Å². The minimum Gasteiger partial charge on any atom is -0.341 e. The van der Waals surface area contributed by atoms with Crippen molar-refractivity contribution in [3.63, 3.8) is 0 Å². The Hall–Kier alpha value is -1.55. The molecule has 1 aliphatic rings. The molecule has 3 N–H and O–H groups in total. The van der Waals surface area contributed by atoms with Gasteiger partial charge in [-0.2, -0.15) is 0 Å². The van der Waals surface area contributed by atoms with E-state index in [0.717, 1.165) is 31.6 Å². The molecule has 0 aliphatic carbocycles. The molecule has 92 valence electrons. The Labute approximate surface area is 102 Å². The van der Waals surface area contributed by atoms with Gasteiger partial charge in [-0.05, 0) is 43.5 Å². The first kappa shape index (κ1) is 11.9. The molecule has 1 aromatic rings. The zero-order valence-electron chi connectivity index (χ0n) is 10.1. The van der Waals surface area contributed by atoms with Crippen LogP contribution in [0.2, 0.25) is 0 Å². The Kier molecular flexibility index (Phi) is 3.98. The molecule has 0 aromatic heterocycles. The Morgan fingerprint density at radius 3 is 2.71 bits per heavy atom. The molecule has 2 amide bonds. The molecule has 1 saturated heterocycles. The van der Waals surface area contributed by atoms with Crippen LogP contribution in [0.4, 0.5) is 10.5 Å². The van der Waals surface area contributed by atoms with Crippen LogP contribution in [0.25, 0.3) is 0 Å². The third kappa shape index (κ3) is 2.97. The maximum Gasteiger partial charge on any atom is 0.318 e. The fourth-order valence-electron chi connectivity index (χ4n) is 2.28. The van der Waals surface area contributed by atoms with E-state index in [1.165, 1.54) is 5.56 Å². The molecular formula is C13H19N3O. The lowest BCUT2D eigenvalue weighted by molar-refractivity contribution is 0.254. The van der Waals surface area contributed by atoms with E-state index in [-0.39, 0.29) is 6.03 Å². The van der Waals surface area contributed by atoms with Crippen molar-refractivity contribution in [1.29, 1.82) is 0 Å². The number of anilines is 1. The second-order valence-corrected chi connectivity index (χ2v) is 4.32. The zero-order valence-corrected chi connectivity index (χ0v) is 10.1. The number of rotatable bonds is 2. The maximum absolute atomic E-state index is 11.4.